The van der Waals surface area contributed by atoms with E-state index >= 15 is 0 Å². The van der Waals surface area contributed by atoms with Gasteiger partial charge in [0.2, 0.25) is 21.7 Å². The van der Waals surface area contributed by atoms with Gasteiger partial charge in [-0.15, -0.1) is 0 Å². The van der Waals surface area contributed by atoms with E-state index in [0.29, 0.717) is 17.3 Å². The molecule has 2 heterocycles. The second kappa shape index (κ2) is 8.03. The summed E-state index contributed by atoms with van der Waals surface area (Å²) in [5.41, 5.74) is 3.19. The van der Waals surface area contributed by atoms with Crippen molar-refractivity contribution in [3.05, 3.63) is 59.5 Å². The van der Waals surface area contributed by atoms with Crippen molar-refractivity contribution in [2.45, 2.75) is 26.5 Å². The number of aryl methyl sites for hydroxylation is 2. The molecule has 1 N–H and O–H groups in total. The van der Waals surface area contributed by atoms with Gasteiger partial charge in [0.1, 0.15) is 5.75 Å². The largest absolute Gasteiger partial charge is 0.476 e. The number of aromatic nitrogens is 2. The lowest BCUT2D eigenvalue weighted by molar-refractivity contribution is -0.128. The summed E-state index contributed by atoms with van der Waals surface area (Å²) in [5.74, 6) is 0.517. The molecule has 1 aliphatic rings. The standard InChI is InChI=1S/C21H22N4O5S/c1-13-5-4-6-15(9-13)20-23-19(30-24-20)11-22-21(26)18-12-25(31(3,27)28)16-10-14(2)7-8-17(16)29-18/h4-10,18H,11-12H2,1-3H3,(H,22,26). The summed E-state index contributed by atoms with van der Waals surface area (Å²) in [6.45, 7) is 3.69. The van der Waals surface area contributed by atoms with Crippen LogP contribution in [0.25, 0.3) is 11.4 Å². The number of ether oxygens (including phenoxy) is 1. The Hall–Kier alpha value is -3.40. The second-order valence-electron chi connectivity index (χ2n) is 7.47. The first-order valence-electron chi connectivity index (χ1n) is 9.63. The molecule has 0 spiro atoms. The Morgan fingerprint density at radius 1 is 1.19 bits per heavy atom. The maximum Gasteiger partial charge on any atom is 0.263 e. The summed E-state index contributed by atoms with van der Waals surface area (Å²) in [6.07, 6.45) is 0.0917. The van der Waals surface area contributed by atoms with Crippen molar-refractivity contribution in [3.8, 4) is 17.1 Å². The van der Waals surface area contributed by atoms with Gasteiger partial charge in [0.05, 0.1) is 25.0 Å². The molecule has 31 heavy (non-hydrogen) atoms. The van der Waals surface area contributed by atoms with Gasteiger partial charge in [-0.05, 0) is 37.6 Å². The van der Waals surface area contributed by atoms with Crippen LogP contribution < -0.4 is 14.4 Å². The fraction of sp³-hybridized carbons (Fsp3) is 0.286. The van der Waals surface area contributed by atoms with Gasteiger partial charge in [0.25, 0.3) is 5.91 Å². The van der Waals surface area contributed by atoms with E-state index in [1.54, 1.807) is 18.2 Å². The van der Waals surface area contributed by atoms with E-state index in [9.17, 15) is 13.2 Å². The Balaban J connectivity index is 1.46. The molecule has 162 valence electrons. The number of fused-ring (bicyclic) bond motifs is 1. The molecule has 0 saturated carbocycles. The minimum atomic E-state index is -3.59. The van der Waals surface area contributed by atoms with Crippen LogP contribution in [0.2, 0.25) is 0 Å². The van der Waals surface area contributed by atoms with Gasteiger partial charge in [0.15, 0.2) is 6.10 Å². The highest BCUT2D eigenvalue weighted by Crippen LogP contribution is 2.35. The summed E-state index contributed by atoms with van der Waals surface area (Å²) >= 11 is 0. The molecule has 1 aliphatic heterocycles. The van der Waals surface area contributed by atoms with Crippen molar-refractivity contribution < 1.29 is 22.5 Å². The third-order valence-electron chi connectivity index (χ3n) is 4.83. The van der Waals surface area contributed by atoms with Crippen LogP contribution in [-0.2, 0) is 21.4 Å². The van der Waals surface area contributed by atoms with E-state index in [2.05, 4.69) is 15.5 Å². The Morgan fingerprint density at radius 3 is 2.71 bits per heavy atom. The molecular formula is C21H22N4O5S. The van der Waals surface area contributed by atoms with Crippen molar-refractivity contribution in [2.75, 3.05) is 17.1 Å². The van der Waals surface area contributed by atoms with Crippen molar-refractivity contribution in [2.24, 2.45) is 0 Å². The third-order valence-corrected chi connectivity index (χ3v) is 5.98. The van der Waals surface area contributed by atoms with Crippen LogP contribution >= 0.6 is 0 Å². The minimum Gasteiger partial charge on any atom is -0.476 e. The third kappa shape index (κ3) is 4.53. The van der Waals surface area contributed by atoms with Crippen molar-refractivity contribution >= 4 is 21.6 Å². The molecule has 1 atom stereocenters. The monoisotopic (exact) mass is 442 g/mol. The first-order chi connectivity index (χ1) is 14.7. The Labute approximate surface area is 180 Å². The van der Waals surface area contributed by atoms with Crippen LogP contribution in [0.4, 0.5) is 5.69 Å². The topological polar surface area (TPSA) is 115 Å². The fourth-order valence-corrected chi connectivity index (χ4v) is 4.22. The van der Waals surface area contributed by atoms with Gasteiger partial charge < -0.3 is 14.6 Å². The van der Waals surface area contributed by atoms with E-state index < -0.39 is 22.0 Å². The molecule has 0 saturated heterocycles. The van der Waals surface area contributed by atoms with Gasteiger partial charge in [-0.2, -0.15) is 4.98 Å². The molecule has 1 aromatic heterocycles. The number of hydrogen-bond donors (Lipinski definition) is 1. The molecule has 0 bridgehead atoms. The summed E-state index contributed by atoms with van der Waals surface area (Å²) in [7, 11) is -3.59. The van der Waals surface area contributed by atoms with Gasteiger partial charge in [0, 0.05) is 5.56 Å². The van der Waals surface area contributed by atoms with Crippen molar-refractivity contribution in [1.82, 2.24) is 15.5 Å². The number of carbonyl (C=O) groups excluding carboxylic acids is 1. The first-order valence-corrected chi connectivity index (χ1v) is 11.5. The molecular weight excluding hydrogens is 420 g/mol. The molecule has 3 aromatic rings. The second-order valence-corrected chi connectivity index (χ2v) is 9.38. The van der Waals surface area contributed by atoms with Crippen LogP contribution in [-0.4, -0.2) is 43.4 Å². The Morgan fingerprint density at radius 2 is 1.97 bits per heavy atom. The van der Waals surface area contributed by atoms with E-state index in [0.717, 1.165) is 22.9 Å². The highest BCUT2D eigenvalue weighted by molar-refractivity contribution is 7.92. The number of sulfonamides is 1. The number of rotatable bonds is 5. The number of anilines is 1. The first kappa shape index (κ1) is 20.9. The molecule has 4 rings (SSSR count). The number of amides is 1. The fourth-order valence-electron chi connectivity index (χ4n) is 3.32. The Bertz CT molecular complexity index is 1240. The molecule has 1 unspecified atom stereocenters. The zero-order valence-electron chi connectivity index (χ0n) is 17.3. The van der Waals surface area contributed by atoms with Crippen LogP contribution in [0.1, 0.15) is 17.0 Å². The minimum absolute atomic E-state index is 0.00284. The molecule has 0 aliphatic carbocycles. The van der Waals surface area contributed by atoms with E-state index in [4.69, 9.17) is 9.26 Å². The van der Waals surface area contributed by atoms with Gasteiger partial charge in [-0.3, -0.25) is 9.10 Å². The summed E-state index contributed by atoms with van der Waals surface area (Å²) in [4.78, 5) is 17.0. The smallest absolute Gasteiger partial charge is 0.263 e. The van der Waals surface area contributed by atoms with Crippen molar-refractivity contribution in [3.63, 3.8) is 0 Å². The highest BCUT2D eigenvalue weighted by Gasteiger charge is 2.35. The normalized spacial score (nSPS) is 15.8. The SMILES string of the molecule is Cc1cccc(-c2noc(CNC(=O)C3CN(S(C)(=O)=O)c4cc(C)ccc4O3)n2)c1. The number of benzene rings is 2. The van der Waals surface area contributed by atoms with Gasteiger partial charge in [-0.25, -0.2) is 8.42 Å². The number of nitrogens with zero attached hydrogens (tertiary/aromatic N) is 3. The molecule has 2 aromatic carbocycles. The van der Waals surface area contributed by atoms with Gasteiger partial charge >= 0.3 is 0 Å². The quantitative estimate of drug-likeness (QED) is 0.644. The van der Waals surface area contributed by atoms with Crippen LogP contribution in [0.3, 0.4) is 0 Å². The molecule has 9 nitrogen and oxygen atoms in total. The number of carbonyl (C=O) groups is 1. The summed E-state index contributed by atoms with van der Waals surface area (Å²) in [5, 5.41) is 6.62. The van der Waals surface area contributed by atoms with Gasteiger partial charge in [-0.1, -0.05) is 35.0 Å². The zero-order chi connectivity index (χ0) is 22.2. The lowest BCUT2D eigenvalue weighted by Gasteiger charge is -2.34. The van der Waals surface area contributed by atoms with Crippen LogP contribution in [0.15, 0.2) is 47.0 Å². The maximum absolute atomic E-state index is 12.7. The lowest BCUT2D eigenvalue weighted by Crippen LogP contribution is -2.50. The van der Waals surface area contributed by atoms with Crippen LogP contribution in [0.5, 0.6) is 5.75 Å². The Kier molecular flexibility index (Phi) is 5.40. The number of hydrogen-bond acceptors (Lipinski definition) is 7. The number of nitrogens with one attached hydrogen (secondary N) is 1. The summed E-state index contributed by atoms with van der Waals surface area (Å²) in [6, 6.07) is 12.8. The van der Waals surface area contributed by atoms with E-state index in [-0.39, 0.29) is 19.0 Å². The lowest BCUT2D eigenvalue weighted by atomic mass is 10.1. The van der Waals surface area contributed by atoms with Crippen LogP contribution in [0, 0.1) is 13.8 Å². The zero-order valence-corrected chi connectivity index (χ0v) is 18.1. The summed E-state index contributed by atoms with van der Waals surface area (Å²) < 4.78 is 36.7. The highest BCUT2D eigenvalue weighted by atomic mass is 32.2. The van der Waals surface area contributed by atoms with Crippen molar-refractivity contribution in [1.29, 1.82) is 0 Å². The maximum atomic E-state index is 12.7. The average molecular weight is 442 g/mol. The molecule has 10 heteroatoms. The van der Waals surface area contributed by atoms with E-state index in [1.807, 2.05) is 38.1 Å². The average Bonchev–Trinajstić information content (AvgIpc) is 3.19. The molecule has 1 amide bonds. The van der Waals surface area contributed by atoms with E-state index in [1.165, 1.54) is 4.31 Å². The predicted octanol–water partition coefficient (Wildman–Crippen LogP) is 2.20. The molecule has 0 radical (unpaired) electrons. The predicted molar refractivity (Wildman–Crippen MR) is 114 cm³/mol. The molecule has 0 fully saturated rings.